The molecule has 1 unspecified atom stereocenters. The predicted octanol–water partition coefficient (Wildman–Crippen LogP) is 4.27. The number of nitrogens with zero attached hydrogens (tertiary/aromatic N) is 3. The maximum absolute atomic E-state index is 13.4. The first kappa shape index (κ1) is 23.5. The zero-order valence-electron chi connectivity index (χ0n) is 19.1. The van der Waals surface area contributed by atoms with Gasteiger partial charge in [0.1, 0.15) is 22.6 Å². The van der Waals surface area contributed by atoms with Gasteiger partial charge in [-0.15, -0.1) is 0 Å². The molecule has 34 heavy (non-hydrogen) atoms. The number of anilines is 1. The fraction of sp³-hybridized carbons (Fsp3) is 0.280. The lowest BCUT2D eigenvalue weighted by molar-refractivity contribution is 0.172. The zero-order chi connectivity index (χ0) is 24.4. The number of aliphatic imine (C=N–C) groups is 1. The van der Waals surface area contributed by atoms with Crippen LogP contribution in [-0.4, -0.2) is 30.5 Å². The van der Waals surface area contributed by atoms with Gasteiger partial charge in [0.2, 0.25) is 0 Å². The van der Waals surface area contributed by atoms with Crippen LogP contribution in [-0.2, 0) is 4.74 Å². The molecule has 0 aliphatic carbocycles. The molecule has 174 valence electrons. The van der Waals surface area contributed by atoms with Gasteiger partial charge in [0.15, 0.2) is 11.1 Å². The first-order chi connectivity index (χ1) is 16.3. The van der Waals surface area contributed by atoms with Gasteiger partial charge in [-0.1, -0.05) is 17.7 Å². The molecule has 1 aliphatic rings. The molecule has 0 fully saturated rings. The highest BCUT2D eigenvalue weighted by Crippen LogP contribution is 2.31. The van der Waals surface area contributed by atoms with Crippen LogP contribution < -0.4 is 16.5 Å². The summed E-state index contributed by atoms with van der Waals surface area (Å²) >= 11 is 5.93. The summed E-state index contributed by atoms with van der Waals surface area (Å²) in [7, 11) is 0. The second-order valence-electron chi connectivity index (χ2n) is 8.09. The Morgan fingerprint density at radius 1 is 1.35 bits per heavy atom. The van der Waals surface area contributed by atoms with Gasteiger partial charge in [-0.25, -0.2) is 4.98 Å². The van der Waals surface area contributed by atoms with E-state index in [1.54, 1.807) is 19.1 Å². The van der Waals surface area contributed by atoms with E-state index in [-0.39, 0.29) is 22.3 Å². The van der Waals surface area contributed by atoms with E-state index in [0.717, 1.165) is 11.1 Å². The Morgan fingerprint density at radius 3 is 2.82 bits per heavy atom. The van der Waals surface area contributed by atoms with E-state index >= 15 is 0 Å². The summed E-state index contributed by atoms with van der Waals surface area (Å²) in [6.45, 7) is 6.91. The van der Waals surface area contributed by atoms with Crippen LogP contribution >= 0.6 is 11.6 Å². The minimum Gasteiger partial charge on any atom is -0.455 e. The van der Waals surface area contributed by atoms with E-state index in [1.165, 1.54) is 6.20 Å². The Kier molecular flexibility index (Phi) is 6.68. The maximum Gasteiger partial charge on any atom is 0.196 e. The van der Waals surface area contributed by atoms with Gasteiger partial charge in [-0.05, 0) is 44.5 Å². The molecule has 9 heteroatoms. The molecular weight excluding hydrogens is 454 g/mol. The molecule has 0 saturated heterocycles. The number of benzene rings is 1. The molecule has 2 aromatic heterocycles. The molecule has 3 heterocycles. The number of aryl methyl sites for hydroxylation is 1. The van der Waals surface area contributed by atoms with Crippen molar-refractivity contribution in [1.82, 2.24) is 4.98 Å². The molecule has 1 atom stereocenters. The van der Waals surface area contributed by atoms with Crippen LogP contribution in [0.5, 0.6) is 0 Å². The van der Waals surface area contributed by atoms with Crippen LogP contribution in [0.3, 0.4) is 0 Å². The van der Waals surface area contributed by atoms with Crippen LogP contribution in [0.15, 0.2) is 44.7 Å². The van der Waals surface area contributed by atoms with Crippen LogP contribution in [0.1, 0.15) is 41.1 Å². The van der Waals surface area contributed by atoms with Crippen LogP contribution in [0.4, 0.5) is 5.69 Å². The fourth-order valence-corrected chi connectivity index (χ4v) is 4.17. The normalized spacial score (nSPS) is 15.0. The van der Waals surface area contributed by atoms with Gasteiger partial charge in [0, 0.05) is 17.3 Å². The van der Waals surface area contributed by atoms with Crippen molar-refractivity contribution in [3.05, 3.63) is 74.0 Å². The Morgan fingerprint density at radius 2 is 2.15 bits per heavy atom. The summed E-state index contributed by atoms with van der Waals surface area (Å²) < 4.78 is 11.9. The Bertz CT molecular complexity index is 1440. The predicted molar refractivity (Wildman–Crippen MR) is 133 cm³/mol. The van der Waals surface area contributed by atoms with Gasteiger partial charge in [-0.3, -0.25) is 9.79 Å². The van der Waals surface area contributed by atoms with E-state index in [0.29, 0.717) is 59.0 Å². The van der Waals surface area contributed by atoms with Gasteiger partial charge < -0.3 is 20.2 Å². The number of nitrogens with two attached hydrogens (primary N) is 1. The quantitative estimate of drug-likeness (QED) is 0.525. The highest BCUT2D eigenvalue weighted by molar-refractivity contribution is 6.29. The molecule has 8 nitrogen and oxygen atoms in total. The number of hydrogen-bond donors (Lipinski definition) is 2. The number of hydrogen-bond acceptors (Lipinski definition) is 8. The summed E-state index contributed by atoms with van der Waals surface area (Å²) in [6, 6.07) is 8.80. The third kappa shape index (κ3) is 4.40. The molecule has 4 rings (SSSR count). The van der Waals surface area contributed by atoms with Crippen molar-refractivity contribution in [3.63, 3.8) is 0 Å². The first-order valence-corrected chi connectivity index (χ1v) is 11.2. The molecule has 0 amide bonds. The highest BCUT2D eigenvalue weighted by atomic mass is 35.5. The lowest BCUT2D eigenvalue weighted by atomic mass is 9.98. The molecule has 1 aliphatic heterocycles. The fourth-order valence-electron chi connectivity index (χ4n) is 4.02. The van der Waals surface area contributed by atoms with Crippen molar-refractivity contribution in [2.45, 2.75) is 26.8 Å². The van der Waals surface area contributed by atoms with Crippen molar-refractivity contribution >= 4 is 39.5 Å². The largest absolute Gasteiger partial charge is 0.455 e. The Hall–Kier alpha value is -3.67. The zero-order valence-corrected chi connectivity index (χ0v) is 19.9. The third-order valence-electron chi connectivity index (χ3n) is 5.70. The molecule has 0 spiro atoms. The topological polar surface area (TPSA) is 127 Å². The third-order valence-corrected chi connectivity index (χ3v) is 5.91. The summed E-state index contributed by atoms with van der Waals surface area (Å²) in [5.41, 5.74) is 10.2. The Balaban J connectivity index is 1.87. The van der Waals surface area contributed by atoms with Gasteiger partial charge in [0.05, 0.1) is 48.2 Å². The van der Waals surface area contributed by atoms with Crippen LogP contribution in [0.2, 0.25) is 5.15 Å². The lowest BCUT2D eigenvalue weighted by Gasteiger charge is -2.20. The highest BCUT2D eigenvalue weighted by Gasteiger charge is 2.23. The Labute approximate surface area is 201 Å². The minimum atomic E-state index is -0.322. The van der Waals surface area contributed by atoms with Crippen molar-refractivity contribution in [2.24, 2.45) is 10.7 Å². The van der Waals surface area contributed by atoms with E-state index in [1.807, 2.05) is 32.0 Å². The number of nitriles is 1. The second kappa shape index (κ2) is 9.67. The SMILES string of the molecule is Cc1cc(C(C)Nc2ccc(Cl)nc2C#N)c2oc(/C(=C/N)C3=NCCOC3)c(C)c(=O)c2c1. The van der Waals surface area contributed by atoms with Gasteiger partial charge in [0.25, 0.3) is 0 Å². The summed E-state index contributed by atoms with van der Waals surface area (Å²) in [5.74, 6) is 0.368. The number of halogens is 1. The first-order valence-electron chi connectivity index (χ1n) is 10.8. The minimum absolute atomic E-state index is 0.143. The van der Waals surface area contributed by atoms with Gasteiger partial charge in [-0.2, -0.15) is 5.26 Å². The number of aromatic nitrogens is 1. The smallest absolute Gasteiger partial charge is 0.196 e. The molecule has 1 aromatic carbocycles. The molecule has 0 radical (unpaired) electrons. The van der Waals surface area contributed by atoms with E-state index in [4.69, 9.17) is 26.5 Å². The molecule has 0 bridgehead atoms. The van der Waals surface area contributed by atoms with Crippen LogP contribution in [0.25, 0.3) is 16.5 Å². The number of ether oxygens (including phenoxy) is 1. The maximum atomic E-state index is 13.4. The number of pyridine rings is 1. The molecule has 0 saturated carbocycles. The number of nitrogens with one attached hydrogen (secondary N) is 1. The van der Waals surface area contributed by atoms with Crippen molar-refractivity contribution < 1.29 is 9.15 Å². The monoisotopic (exact) mass is 477 g/mol. The van der Waals surface area contributed by atoms with E-state index < -0.39 is 0 Å². The number of fused-ring (bicyclic) bond motifs is 1. The van der Waals surface area contributed by atoms with Crippen molar-refractivity contribution in [2.75, 3.05) is 25.1 Å². The summed E-state index contributed by atoms with van der Waals surface area (Å²) in [4.78, 5) is 22.0. The summed E-state index contributed by atoms with van der Waals surface area (Å²) in [6.07, 6.45) is 1.40. The number of rotatable bonds is 5. The molecular formula is C25H24ClN5O3. The molecule has 3 aromatic rings. The van der Waals surface area contributed by atoms with E-state index in [2.05, 4.69) is 15.3 Å². The van der Waals surface area contributed by atoms with Crippen molar-refractivity contribution in [1.29, 1.82) is 5.26 Å². The molecule has 3 N–H and O–H groups in total. The lowest BCUT2D eigenvalue weighted by Crippen LogP contribution is -2.22. The van der Waals surface area contributed by atoms with Crippen molar-refractivity contribution in [3.8, 4) is 6.07 Å². The standard InChI is InChI=1S/C25H24ClN5O3/c1-13-8-16(15(3)30-19-4-5-22(26)31-20(19)11-28)25-17(9-13)23(32)14(2)24(34-25)18(10-27)21-12-33-7-6-29-21/h4-5,8-10,15,30H,6-7,12,27H2,1-3H3/b18-10+. The average molecular weight is 478 g/mol. The van der Waals surface area contributed by atoms with Crippen LogP contribution in [0, 0.1) is 25.2 Å². The van der Waals surface area contributed by atoms with Gasteiger partial charge >= 0.3 is 0 Å². The summed E-state index contributed by atoms with van der Waals surface area (Å²) in [5, 5.41) is 13.4. The average Bonchev–Trinajstić information content (AvgIpc) is 2.84. The second-order valence-corrected chi connectivity index (χ2v) is 8.47. The van der Waals surface area contributed by atoms with E-state index in [9.17, 15) is 10.1 Å².